The Morgan fingerprint density at radius 3 is 2.65 bits per heavy atom. The van der Waals surface area contributed by atoms with Crippen LogP contribution in [0.5, 0.6) is 6.01 Å². The number of aromatic nitrogens is 2. The van der Waals surface area contributed by atoms with Gasteiger partial charge in [0.2, 0.25) is 0 Å². The van der Waals surface area contributed by atoms with Gasteiger partial charge in [-0.3, -0.25) is 0 Å². The molecule has 1 aromatic heterocycles. The first kappa shape index (κ1) is 12.6. The van der Waals surface area contributed by atoms with Crippen LogP contribution in [0.1, 0.15) is 43.9 Å². The van der Waals surface area contributed by atoms with Gasteiger partial charge in [-0.25, -0.2) is 9.97 Å². The fraction of sp³-hybridized carbons (Fsp3) is 0.692. The van der Waals surface area contributed by atoms with Crippen LogP contribution >= 0.6 is 11.6 Å². The van der Waals surface area contributed by atoms with Gasteiger partial charge in [-0.2, -0.15) is 0 Å². The van der Waals surface area contributed by atoms with Crippen molar-refractivity contribution >= 4 is 11.6 Å². The SMILES string of the molecule is Cc1nc(OC2CCC(C)CC2)ncc1CCl. The van der Waals surface area contributed by atoms with Crippen LogP contribution in [0.25, 0.3) is 0 Å². The molecule has 0 saturated heterocycles. The average molecular weight is 255 g/mol. The molecule has 1 saturated carbocycles. The Hall–Kier alpha value is -0.830. The molecule has 1 heterocycles. The van der Waals surface area contributed by atoms with E-state index in [1.54, 1.807) is 6.20 Å². The molecule has 0 amide bonds. The van der Waals surface area contributed by atoms with E-state index in [4.69, 9.17) is 16.3 Å². The summed E-state index contributed by atoms with van der Waals surface area (Å²) in [5, 5.41) is 0. The fourth-order valence-electron chi connectivity index (χ4n) is 2.16. The van der Waals surface area contributed by atoms with Crippen LogP contribution in [-0.4, -0.2) is 16.1 Å². The normalized spacial score (nSPS) is 24.6. The molecule has 0 aromatic carbocycles. The second-order valence-electron chi connectivity index (χ2n) is 4.90. The third-order valence-electron chi connectivity index (χ3n) is 3.44. The van der Waals surface area contributed by atoms with Gasteiger partial charge in [-0.1, -0.05) is 6.92 Å². The van der Waals surface area contributed by atoms with E-state index in [0.29, 0.717) is 11.9 Å². The van der Waals surface area contributed by atoms with E-state index in [0.717, 1.165) is 30.0 Å². The lowest BCUT2D eigenvalue weighted by Gasteiger charge is -2.26. The van der Waals surface area contributed by atoms with E-state index in [1.165, 1.54) is 12.8 Å². The van der Waals surface area contributed by atoms with Crippen LogP contribution in [0.2, 0.25) is 0 Å². The van der Waals surface area contributed by atoms with Crippen molar-refractivity contribution in [2.45, 2.75) is 51.5 Å². The van der Waals surface area contributed by atoms with Gasteiger partial charge in [0.05, 0.1) is 5.88 Å². The molecule has 17 heavy (non-hydrogen) atoms. The van der Waals surface area contributed by atoms with Gasteiger partial charge < -0.3 is 4.74 Å². The number of aryl methyl sites for hydroxylation is 1. The summed E-state index contributed by atoms with van der Waals surface area (Å²) in [6.45, 7) is 4.24. The molecular formula is C13H19ClN2O. The maximum atomic E-state index is 5.82. The van der Waals surface area contributed by atoms with Crippen molar-refractivity contribution in [3.63, 3.8) is 0 Å². The lowest BCUT2D eigenvalue weighted by Crippen LogP contribution is -2.24. The maximum Gasteiger partial charge on any atom is 0.316 e. The summed E-state index contributed by atoms with van der Waals surface area (Å²) in [5.41, 5.74) is 1.88. The van der Waals surface area contributed by atoms with Gasteiger partial charge in [0.1, 0.15) is 6.10 Å². The zero-order valence-electron chi connectivity index (χ0n) is 10.4. The molecule has 1 aliphatic carbocycles. The maximum absolute atomic E-state index is 5.82. The summed E-state index contributed by atoms with van der Waals surface area (Å²) in [6.07, 6.45) is 6.75. The molecule has 0 atom stereocenters. The van der Waals surface area contributed by atoms with E-state index in [1.807, 2.05) is 6.92 Å². The summed E-state index contributed by atoms with van der Waals surface area (Å²) in [5.74, 6) is 1.28. The van der Waals surface area contributed by atoms with Gasteiger partial charge in [0, 0.05) is 17.5 Å². The first-order valence-electron chi connectivity index (χ1n) is 6.24. The molecule has 94 valence electrons. The highest BCUT2D eigenvalue weighted by Crippen LogP contribution is 2.26. The third kappa shape index (κ3) is 3.32. The second kappa shape index (κ2) is 5.67. The summed E-state index contributed by atoms with van der Waals surface area (Å²) >= 11 is 5.77. The van der Waals surface area contributed by atoms with Crippen molar-refractivity contribution in [3.05, 3.63) is 17.5 Å². The van der Waals surface area contributed by atoms with Crippen molar-refractivity contribution in [3.8, 4) is 6.01 Å². The van der Waals surface area contributed by atoms with Crippen LogP contribution in [0.15, 0.2) is 6.20 Å². The molecule has 0 aliphatic heterocycles. The Labute approximate surface area is 108 Å². The minimum Gasteiger partial charge on any atom is -0.460 e. The Balaban J connectivity index is 1.97. The number of halogens is 1. The Bertz CT molecular complexity index is 376. The first-order valence-corrected chi connectivity index (χ1v) is 6.77. The number of rotatable bonds is 3. The van der Waals surface area contributed by atoms with Crippen LogP contribution < -0.4 is 4.74 Å². The van der Waals surface area contributed by atoms with Crippen molar-refractivity contribution in [2.24, 2.45) is 5.92 Å². The van der Waals surface area contributed by atoms with Crippen LogP contribution in [0.3, 0.4) is 0 Å². The summed E-state index contributed by atoms with van der Waals surface area (Å²) < 4.78 is 5.82. The molecule has 3 nitrogen and oxygen atoms in total. The van der Waals surface area contributed by atoms with E-state index in [9.17, 15) is 0 Å². The van der Waals surface area contributed by atoms with Gasteiger partial charge in [-0.15, -0.1) is 11.6 Å². The van der Waals surface area contributed by atoms with Gasteiger partial charge in [-0.05, 0) is 38.5 Å². The minimum absolute atomic E-state index is 0.285. The number of hydrogen-bond acceptors (Lipinski definition) is 3. The second-order valence-corrected chi connectivity index (χ2v) is 5.16. The first-order chi connectivity index (χ1) is 8.19. The lowest BCUT2D eigenvalue weighted by atomic mass is 9.89. The average Bonchev–Trinajstić information content (AvgIpc) is 2.32. The number of hydrogen-bond donors (Lipinski definition) is 0. The summed E-state index contributed by atoms with van der Waals surface area (Å²) in [4.78, 5) is 8.55. The largest absolute Gasteiger partial charge is 0.460 e. The Morgan fingerprint density at radius 2 is 2.06 bits per heavy atom. The van der Waals surface area contributed by atoms with E-state index in [2.05, 4.69) is 16.9 Å². The highest BCUT2D eigenvalue weighted by molar-refractivity contribution is 6.17. The summed E-state index contributed by atoms with van der Waals surface area (Å²) in [7, 11) is 0. The third-order valence-corrected chi connectivity index (χ3v) is 3.73. The van der Waals surface area contributed by atoms with Crippen molar-refractivity contribution in [2.75, 3.05) is 0 Å². The summed E-state index contributed by atoms with van der Waals surface area (Å²) in [6, 6.07) is 0.496. The van der Waals surface area contributed by atoms with Crippen LogP contribution in [-0.2, 0) is 5.88 Å². The standard InChI is InChI=1S/C13H19ClN2O/c1-9-3-5-12(6-4-9)17-13-15-8-11(7-14)10(2)16-13/h8-9,12H,3-7H2,1-2H3. The predicted molar refractivity (Wildman–Crippen MR) is 68.4 cm³/mol. The van der Waals surface area contributed by atoms with Crippen molar-refractivity contribution < 1.29 is 4.74 Å². The fourth-order valence-corrected chi connectivity index (χ4v) is 2.42. The van der Waals surface area contributed by atoms with Gasteiger partial charge in [0.25, 0.3) is 0 Å². The molecule has 0 radical (unpaired) electrons. The number of nitrogens with zero attached hydrogens (tertiary/aromatic N) is 2. The van der Waals surface area contributed by atoms with E-state index >= 15 is 0 Å². The molecule has 0 N–H and O–H groups in total. The monoisotopic (exact) mass is 254 g/mol. The quantitative estimate of drug-likeness (QED) is 0.775. The minimum atomic E-state index is 0.285. The van der Waals surface area contributed by atoms with Gasteiger partial charge >= 0.3 is 6.01 Å². The number of ether oxygens (including phenoxy) is 1. The Morgan fingerprint density at radius 1 is 1.35 bits per heavy atom. The molecule has 4 heteroatoms. The highest BCUT2D eigenvalue weighted by Gasteiger charge is 2.20. The molecule has 0 spiro atoms. The van der Waals surface area contributed by atoms with E-state index < -0.39 is 0 Å². The van der Waals surface area contributed by atoms with E-state index in [-0.39, 0.29) is 6.10 Å². The molecule has 0 unspecified atom stereocenters. The molecule has 1 fully saturated rings. The Kier molecular flexibility index (Phi) is 4.21. The van der Waals surface area contributed by atoms with Crippen molar-refractivity contribution in [1.29, 1.82) is 0 Å². The molecule has 0 bridgehead atoms. The molecule has 1 aromatic rings. The van der Waals surface area contributed by atoms with Crippen LogP contribution in [0.4, 0.5) is 0 Å². The molecule has 2 rings (SSSR count). The van der Waals surface area contributed by atoms with Gasteiger partial charge in [0.15, 0.2) is 0 Å². The zero-order chi connectivity index (χ0) is 12.3. The highest BCUT2D eigenvalue weighted by atomic mass is 35.5. The zero-order valence-corrected chi connectivity index (χ0v) is 11.2. The van der Waals surface area contributed by atoms with Crippen LogP contribution in [0, 0.1) is 12.8 Å². The topological polar surface area (TPSA) is 35.0 Å². The smallest absolute Gasteiger partial charge is 0.316 e. The van der Waals surface area contributed by atoms with Crippen molar-refractivity contribution in [1.82, 2.24) is 9.97 Å². The lowest BCUT2D eigenvalue weighted by molar-refractivity contribution is 0.124. The molecule has 1 aliphatic rings. The molecular weight excluding hydrogens is 236 g/mol. The predicted octanol–water partition coefficient (Wildman–Crippen LogP) is 3.48. The number of alkyl halides is 1.